The van der Waals surface area contributed by atoms with Gasteiger partial charge in [0.2, 0.25) is 5.91 Å². The van der Waals surface area contributed by atoms with Gasteiger partial charge in [0.15, 0.2) is 0 Å². The molecule has 3 heteroatoms. The van der Waals surface area contributed by atoms with Crippen LogP contribution in [-0.4, -0.2) is 19.0 Å². The molecule has 1 aliphatic rings. The number of hydrogen-bond donors (Lipinski definition) is 1. The maximum Gasteiger partial charge on any atom is 0.227 e. The van der Waals surface area contributed by atoms with Crippen LogP contribution in [0.3, 0.4) is 0 Å². The van der Waals surface area contributed by atoms with E-state index in [2.05, 4.69) is 0 Å². The van der Waals surface area contributed by atoms with Crippen molar-refractivity contribution in [1.29, 1.82) is 0 Å². The first kappa shape index (κ1) is 13.1. The summed E-state index contributed by atoms with van der Waals surface area (Å²) in [4.78, 5) is 14.2. The van der Waals surface area contributed by atoms with Gasteiger partial charge in [0.1, 0.15) is 0 Å². The maximum absolute atomic E-state index is 12.2. The number of amides is 1. The van der Waals surface area contributed by atoms with Gasteiger partial charge in [-0.2, -0.15) is 0 Å². The number of nitrogens with zero attached hydrogens (tertiary/aromatic N) is 1. The van der Waals surface area contributed by atoms with E-state index in [1.165, 1.54) is 19.3 Å². The van der Waals surface area contributed by atoms with Crippen molar-refractivity contribution in [3.63, 3.8) is 0 Å². The van der Waals surface area contributed by atoms with Crippen molar-refractivity contribution in [2.75, 3.05) is 18.0 Å². The van der Waals surface area contributed by atoms with Crippen LogP contribution in [0.4, 0.5) is 5.69 Å². The van der Waals surface area contributed by atoms with Gasteiger partial charge in [-0.15, -0.1) is 0 Å². The Hall–Kier alpha value is -1.35. The van der Waals surface area contributed by atoms with Crippen LogP contribution in [-0.2, 0) is 4.79 Å². The number of carbonyl (C=O) groups is 1. The van der Waals surface area contributed by atoms with Gasteiger partial charge in [-0.25, -0.2) is 0 Å². The molecule has 1 amide bonds. The highest BCUT2D eigenvalue weighted by atomic mass is 16.2. The third-order valence-electron chi connectivity index (χ3n) is 3.63. The lowest BCUT2D eigenvalue weighted by atomic mass is 9.85. The summed E-state index contributed by atoms with van der Waals surface area (Å²) in [5.41, 5.74) is 6.50. The van der Waals surface area contributed by atoms with Gasteiger partial charge in [0.25, 0.3) is 0 Å². The van der Waals surface area contributed by atoms with E-state index in [4.69, 9.17) is 5.73 Å². The number of carbonyl (C=O) groups excluding carboxylic acids is 1. The Labute approximate surface area is 109 Å². The highest BCUT2D eigenvalue weighted by Gasteiger charge is 2.24. The average molecular weight is 246 g/mol. The van der Waals surface area contributed by atoms with Gasteiger partial charge in [0, 0.05) is 18.7 Å². The van der Waals surface area contributed by atoms with Crippen molar-refractivity contribution in [2.45, 2.75) is 32.1 Å². The first-order chi connectivity index (χ1) is 8.81. The van der Waals surface area contributed by atoms with Gasteiger partial charge in [-0.3, -0.25) is 4.79 Å². The lowest BCUT2D eigenvalue weighted by Gasteiger charge is -2.32. The number of para-hydroxylation sites is 1. The van der Waals surface area contributed by atoms with Crippen LogP contribution in [0.25, 0.3) is 0 Å². The number of rotatable bonds is 6. The van der Waals surface area contributed by atoms with Crippen LogP contribution in [0.5, 0.6) is 0 Å². The van der Waals surface area contributed by atoms with Crippen LogP contribution in [0.1, 0.15) is 32.1 Å². The standard InChI is InChI=1S/C15H22N2O/c16-11-5-10-15(18)17(12-13-6-4-7-13)14-8-2-1-3-9-14/h1-3,8-9,13H,4-7,10-12,16H2. The Morgan fingerprint density at radius 3 is 2.56 bits per heavy atom. The monoisotopic (exact) mass is 246 g/mol. The van der Waals surface area contributed by atoms with Crippen molar-refractivity contribution < 1.29 is 4.79 Å². The fraction of sp³-hybridized carbons (Fsp3) is 0.533. The molecule has 1 saturated carbocycles. The second-order valence-corrected chi connectivity index (χ2v) is 5.03. The summed E-state index contributed by atoms with van der Waals surface area (Å²) >= 11 is 0. The highest BCUT2D eigenvalue weighted by Crippen LogP contribution is 2.29. The average Bonchev–Trinajstić information content (AvgIpc) is 2.36. The summed E-state index contributed by atoms with van der Waals surface area (Å²) in [7, 11) is 0. The molecule has 2 N–H and O–H groups in total. The van der Waals surface area contributed by atoms with Gasteiger partial charge in [-0.1, -0.05) is 24.6 Å². The Balaban J connectivity index is 2.04. The zero-order valence-electron chi connectivity index (χ0n) is 10.8. The van der Waals surface area contributed by atoms with Crippen molar-refractivity contribution in [3.05, 3.63) is 30.3 Å². The molecule has 0 aliphatic heterocycles. The SMILES string of the molecule is NCCCC(=O)N(CC1CCC1)c1ccccc1. The predicted molar refractivity (Wildman–Crippen MR) is 74.4 cm³/mol. The second kappa shape index (κ2) is 6.55. The zero-order valence-corrected chi connectivity index (χ0v) is 10.8. The fourth-order valence-corrected chi connectivity index (χ4v) is 2.28. The van der Waals surface area contributed by atoms with Crippen molar-refractivity contribution >= 4 is 11.6 Å². The third-order valence-corrected chi connectivity index (χ3v) is 3.63. The van der Waals surface area contributed by atoms with E-state index in [1.807, 2.05) is 35.2 Å². The topological polar surface area (TPSA) is 46.3 Å². The molecule has 0 heterocycles. The summed E-state index contributed by atoms with van der Waals surface area (Å²) in [6.07, 6.45) is 5.15. The van der Waals surface area contributed by atoms with Crippen LogP contribution in [0, 0.1) is 5.92 Å². The molecule has 1 aromatic rings. The Kier molecular flexibility index (Phi) is 4.76. The molecule has 0 bridgehead atoms. The fourth-order valence-electron chi connectivity index (χ4n) is 2.28. The molecule has 1 aromatic carbocycles. The van der Waals surface area contributed by atoms with E-state index < -0.39 is 0 Å². The largest absolute Gasteiger partial charge is 0.330 e. The molecule has 98 valence electrons. The zero-order chi connectivity index (χ0) is 12.8. The van der Waals surface area contributed by atoms with Crippen molar-refractivity contribution in [3.8, 4) is 0 Å². The van der Waals surface area contributed by atoms with E-state index >= 15 is 0 Å². The van der Waals surface area contributed by atoms with Gasteiger partial charge >= 0.3 is 0 Å². The molecule has 0 aromatic heterocycles. The number of anilines is 1. The van der Waals surface area contributed by atoms with E-state index in [1.54, 1.807) is 0 Å². The minimum atomic E-state index is 0.207. The van der Waals surface area contributed by atoms with Crippen molar-refractivity contribution in [2.24, 2.45) is 11.7 Å². The van der Waals surface area contributed by atoms with E-state index in [-0.39, 0.29) is 5.91 Å². The highest BCUT2D eigenvalue weighted by molar-refractivity contribution is 5.93. The van der Waals surface area contributed by atoms with Crippen LogP contribution < -0.4 is 10.6 Å². The van der Waals surface area contributed by atoms with E-state index in [9.17, 15) is 4.79 Å². The number of hydrogen-bond acceptors (Lipinski definition) is 2. The summed E-state index contributed by atoms with van der Waals surface area (Å²) in [6, 6.07) is 9.98. The molecule has 0 spiro atoms. The molecule has 0 unspecified atom stereocenters. The lowest BCUT2D eigenvalue weighted by molar-refractivity contribution is -0.118. The summed E-state index contributed by atoms with van der Waals surface area (Å²) in [6.45, 7) is 1.45. The van der Waals surface area contributed by atoms with Crippen molar-refractivity contribution in [1.82, 2.24) is 0 Å². The molecule has 3 nitrogen and oxygen atoms in total. The minimum absolute atomic E-state index is 0.207. The third kappa shape index (κ3) is 3.33. The summed E-state index contributed by atoms with van der Waals surface area (Å²) < 4.78 is 0. The maximum atomic E-state index is 12.2. The molecule has 0 atom stereocenters. The number of nitrogens with two attached hydrogens (primary N) is 1. The molecule has 18 heavy (non-hydrogen) atoms. The number of benzene rings is 1. The van der Waals surface area contributed by atoms with Gasteiger partial charge in [0.05, 0.1) is 0 Å². The molecular weight excluding hydrogens is 224 g/mol. The minimum Gasteiger partial charge on any atom is -0.330 e. The molecular formula is C15H22N2O. The Morgan fingerprint density at radius 1 is 1.28 bits per heavy atom. The van der Waals surface area contributed by atoms with E-state index in [0.717, 1.165) is 18.7 Å². The summed E-state index contributed by atoms with van der Waals surface area (Å²) in [5, 5.41) is 0. The second-order valence-electron chi connectivity index (χ2n) is 5.03. The smallest absolute Gasteiger partial charge is 0.227 e. The van der Waals surface area contributed by atoms with Gasteiger partial charge in [-0.05, 0) is 43.9 Å². The normalized spacial score (nSPS) is 15.2. The van der Waals surface area contributed by atoms with Crippen LogP contribution >= 0.6 is 0 Å². The molecule has 1 aliphatic carbocycles. The molecule has 1 fully saturated rings. The predicted octanol–water partition coefficient (Wildman–Crippen LogP) is 2.56. The van der Waals surface area contributed by atoms with E-state index in [0.29, 0.717) is 18.9 Å². The quantitative estimate of drug-likeness (QED) is 0.838. The molecule has 2 rings (SSSR count). The first-order valence-corrected chi connectivity index (χ1v) is 6.86. The Morgan fingerprint density at radius 2 is 2.00 bits per heavy atom. The first-order valence-electron chi connectivity index (χ1n) is 6.86. The van der Waals surface area contributed by atoms with Crippen LogP contribution in [0.15, 0.2) is 30.3 Å². The molecule has 0 saturated heterocycles. The van der Waals surface area contributed by atoms with Crippen LogP contribution in [0.2, 0.25) is 0 Å². The summed E-state index contributed by atoms with van der Waals surface area (Å²) in [5.74, 6) is 0.894. The molecule has 0 radical (unpaired) electrons. The van der Waals surface area contributed by atoms with Gasteiger partial charge < -0.3 is 10.6 Å². The Bertz CT molecular complexity index is 373. The lowest BCUT2D eigenvalue weighted by Crippen LogP contribution is -2.37.